The lowest BCUT2D eigenvalue weighted by Gasteiger charge is -2.25. The lowest BCUT2D eigenvalue weighted by molar-refractivity contribution is -0.159. The summed E-state index contributed by atoms with van der Waals surface area (Å²) >= 11 is 0. The van der Waals surface area contributed by atoms with Crippen molar-refractivity contribution in [2.24, 2.45) is 5.92 Å². The van der Waals surface area contributed by atoms with E-state index in [1.54, 1.807) is 0 Å². The zero-order valence-electron chi connectivity index (χ0n) is 22.6. The first-order valence-electron chi connectivity index (χ1n) is 12.8. The van der Waals surface area contributed by atoms with Gasteiger partial charge in [-0.3, -0.25) is 29.0 Å². The van der Waals surface area contributed by atoms with Gasteiger partial charge in [-0.1, -0.05) is 44.2 Å². The molecule has 12 nitrogen and oxygen atoms in total. The molecule has 3 atom stereocenters. The van der Waals surface area contributed by atoms with E-state index in [-0.39, 0.29) is 30.2 Å². The Kier molecular flexibility index (Phi) is 10.5. The summed E-state index contributed by atoms with van der Waals surface area (Å²) in [5, 5.41) is 12.1. The lowest BCUT2D eigenvalue weighted by Crippen LogP contribution is -2.44. The highest BCUT2D eigenvalue weighted by Crippen LogP contribution is 2.38. The molecule has 1 fully saturated rings. The number of Topliss-reactive ketones (excluding diaryl/α,β-unsaturated/α-hetero) is 1. The normalized spacial score (nSPS) is 18.1. The minimum Gasteiger partial charge on any atom is -0.507 e. The number of methoxy groups -OCH3 is 1. The van der Waals surface area contributed by atoms with E-state index < -0.39 is 61.2 Å². The number of rotatable bonds is 14. The molecule has 40 heavy (non-hydrogen) atoms. The fourth-order valence-electron chi connectivity index (χ4n) is 4.58. The number of amides is 1. The van der Waals surface area contributed by atoms with Crippen LogP contribution in [0.15, 0.2) is 48.9 Å². The summed E-state index contributed by atoms with van der Waals surface area (Å²) < 4.78 is 15.9. The zero-order chi connectivity index (χ0) is 29.3. The third kappa shape index (κ3) is 8.19. The summed E-state index contributed by atoms with van der Waals surface area (Å²) in [6.45, 7) is 3.81. The highest BCUT2D eigenvalue weighted by atomic mass is 16.7. The van der Waals surface area contributed by atoms with Crippen molar-refractivity contribution in [3.05, 3.63) is 60.2 Å². The molecule has 3 rings (SSSR count). The molecule has 0 saturated carbocycles. The fraction of sp³-hybridized carbons (Fsp3) is 0.444. The van der Waals surface area contributed by atoms with E-state index in [0.29, 0.717) is 6.42 Å². The number of nitrogens with one attached hydrogen (secondary N) is 1. The molecule has 0 bridgehead atoms. The van der Waals surface area contributed by atoms with Crippen LogP contribution in [0.25, 0.3) is 0 Å². The predicted octanol–water partition coefficient (Wildman–Crippen LogP) is 2.03. The van der Waals surface area contributed by atoms with E-state index in [0.717, 1.165) is 12.7 Å². The second-order valence-corrected chi connectivity index (χ2v) is 10.1. The molecule has 1 aromatic heterocycles. The van der Waals surface area contributed by atoms with Crippen molar-refractivity contribution in [1.82, 2.24) is 15.3 Å². The third-order valence-corrected chi connectivity index (χ3v) is 6.43. The number of esters is 1. The first kappa shape index (κ1) is 30.4. The van der Waals surface area contributed by atoms with Gasteiger partial charge in [0, 0.05) is 24.6 Å². The van der Waals surface area contributed by atoms with Crippen LogP contribution < -0.4 is 5.32 Å². The van der Waals surface area contributed by atoms with Gasteiger partial charge in [-0.25, -0.2) is 4.98 Å². The van der Waals surface area contributed by atoms with Gasteiger partial charge >= 0.3 is 25.0 Å². The zero-order valence-corrected chi connectivity index (χ0v) is 22.6. The van der Waals surface area contributed by atoms with Gasteiger partial charge < -0.3 is 24.5 Å². The Morgan fingerprint density at radius 3 is 2.45 bits per heavy atom. The number of aromatic nitrogens is 2. The maximum absolute atomic E-state index is 13.7. The lowest BCUT2D eigenvalue weighted by atomic mass is 9.65. The van der Waals surface area contributed by atoms with Gasteiger partial charge in [0.25, 0.3) is 5.91 Å². The van der Waals surface area contributed by atoms with Gasteiger partial charge in [0.1, 0.15) is 5.69 Å². The monoisotopic (exact) mass is 553 g/mol. The SMILES string of the molecule is COC(=O)C[C@]1(CC(=O)O)OB([C@@H](CC(=O)[C@H](Cc2ccccc2)NC(=O)c2cnccn2)CC(C)C)OC1=O. The van der Waals surface area contributed by atoms with Gasteiger partial charge in [-0.05, 0) is 24.3 Å². The van der Waals surface area contributed by atoms with Crippen LogP contribution in [0.4, 0.5) is 0 Å². The fourth-order valence-corrected chi connectivity index (χ4v) is 4.58. The number of nitrogens with zero attached hydrogens (tertiary/aromatic N) is 2. The smallest absolute Gasteiger partial charge is 0.507 e. The molecular weight excluding hydrogens is 521 g/mol. The molecule has 2 aromatic rings. The van der Waals surface area contributed by atoms with Crippen LogP contribution >= 0.6 is 0 Å². The van der Waals surface area contributed by atoms with Gasteiger partial charge in [0.2, 0.25) is 0 Å². The number of carboxylic acids is 1. The Balaban J connectivity index is 1.85. The molecule has 0 spiro atoms. The number of carboxylic acid groups (broad SMARTS) is 1. The summed E-state index contributed by atoms with van der Waals surface area (Å²) in [7, 11) is -0.173. The Morgan fingerprint density at radius 2 is 1.85 bits per heavy atom. The summed E-state index contributed by atoms with van der Waals surface area (Å²) in [5.74, 6) is -4.80. The van der Waals surface area contributed by atoms with E-state index in [9.17, 15) is 29.1 Å². The standard InChI is InChI=1S/C27H32BN3O9/c1-17(2)11-19(28-39-26(37)27(40-28,14-23(33)34)15-24(35)38-3)13-22(32)20(12-18-7-5-4-6-8-18)31-25(36)21-16-29-9-10-30-21/h4-10,16-17,19-20H,11-15H2,1-3H3,(H,31,36)(H,33,34)/t19-,20+,27+/m1/s1. The van der Waals surface area contributed by atoms with Gasteiger partial charge in [0.15, 0.2) is 11.4 Å². The molecule has 2 N–H and O–H groups in total. The maximum Gasteiger partial charge on any atom is 0.531 e. The Labute approximate surface area is 232 Å². The number of aliphatic carboxylic acids is 1. The van der Waals surface area contributed by atoms with E-state index in [1.807, 2.05) is 44.2 Å². The van der Waals surface area contributed by atoms with Crippen molar-refractivity contribution >= 4 is 36.7 Å². The molecule has 13 heteroatoms. The molecule has 1 aliphatic rings. The molecule has 1 amide bonds. The molecule has 1 aliphatic heterocycles. The highest BCUT2D eigenvalue weighted by molar-refractivity contribution is 6.51. The molecule has 0 aliphatic carbocycles. The van der Waals surface area contributed by atoms with Crippen LogP contribution in [0.5, 0.6) is 0 Å². The van der Waals surface area contributed by atoms with E-state index >= 15 is 0 Å². The van der Waals surface area contributed by atoms with Crippen LogP contribution in [0.2, 0.25) is 5.82 Å². The number of carbonyl (C=O) groups is 5. The largest absolute Gasteiger partial charge is 0.531 e. The quantitative estimate of drug-likeness (QED) is 0.259. The molecule has 212 valence electrons. The van der Waals surface area contributed by atoms with Crippen LogP contribution in [0, 0.1) is 5.92 Å². The number of ether oxygens (including phenoxy) is 1. The first-order valence-corrected chi connectivity index (χ1v) is 12.8. The predicted molar refractivity (Wildman–Crippen MR) is 141 cm³/mol. The molecule has 0 unspecified atom stereocenters. The van der Waals surface area contributed by atoms with Crippen LogP contribution in [-0.4, -0.2) is 70.5 Å². The van der Waals surface area contributed by atoms with Crippen molar-refractivity contribution in [2.75, 3.05) is 7.11 Å². The number of hydrogen-bond acceptors (Lipinski definition) is 10. The highest BCUT2D eigenvalue weighted by Gasteiger charge is 2.57. The first-order chi connectivity index (χ1) is 19.0. The Bertz CT molecular complexity index is 1210. The van der Waals surface area contributed by atoms with Crippen molar-refractivity contribution < 1.29 is 43.1 Å². The third-order valence-electron chi connectivity index (χ3n) is 6.43. The second-order valence-electron chi connectivity index (χ2n) is 10.1. The second kappa shape index (κ2) is 13.8. The number of ketones is 1. The van der Waals surface area contributed by atoms with Crippen LogP contribution in [-0.2, 0) is 39.6 Å². The van der Waals surface area contributed by atoms with Gasteiger partial charge in [-0.15, -0.1) is 0 Å². The van der Waals surface area contributed by atoms with Gasteiger partial charge in [-0.2, -0.15) is 0 Å². The molecule has 2 heterocycles. The average molecular weight is 553 g/mol. The molecular formula is C27H32BN3O9. The van der Waals surface area contributed by atoms with E-state index in [1.165, 1.54) is 18.6 Å². The van der Waals surface area contributed by atoms with Gasteiger partial charge in [0.05, 0.1) is 32.2 Å². The molecule has 0 radical (unpaired) electrons. The Morgan fingerprint density at radius 1 is 1.12 bits per heavy atom. The van der Waals surface area contributed by atoms with E-state index in [4.69, 9.17) is 9.31 Å². The molecule has 1 aromatic carbocycles. The van der Waals surface area contributed by atoms with Crippen molar-refractivity contribution in [3.8, 4) is 0 Å². The average Bonchev–Trinajstić information content (AvgIpc) is 3.22. The van der Waals surface area contributed by atoms with Crippen molar-refractivity contribution in [3.63, 3.8) is 0 Å². The minimum absolute atomic E-state index is 0.0388. The Hall–Kier alpha value is -4.13. The minimum atomic E-state index is -2.08. The topological polar surface area (TPSA) is 171 Å². The van der Waals surface area contributed by atoms with Crippen molar-refractivity contribution in [2.45, 2.75) is 63.4 Å². The van der Waals surface area contributed by atoms with Crippen LogP contribution in [0.3, 0.4) is 0 Å². The number of carbonyl (C=O) groups excluding carboxylic acids is 4. The van der Waals surface area contributed by atoms with Crippen LogP contribution in [0.1, 0.15) is 55.6 Å². The summed E-state index contributed by atoms with van der Waals surface area (Å²) in [6, 6.07) is 8.17. The van der Waals surface area contributed by atoms with E-state index in [2.05, 4.69) is 20.0 Å². The maximum atomic E-state index is 13.7. The number of benzene rings is 1. The van der Waals surface area contributed by atoms with Crippen molar-refractivity contribution in [1.29, 1.82) is 0 Å². The summed E-state index contributed by atoms with van der Waals surface area (Å²) in [5.41, 5.74) is -1.23. The number of hydrogen-bond donors (Lipinski definition) is 2. The summed E-state index contributed by atoms with van der Waals surface area (Å²) in [4.78, 5) is 70.9. The molecule has 1 saturated heterocycles. The summed E-state index contributed by atoms with van der Waals surface area (Å²) in [6.07, 6.45) is 3.02.